The van der Waals surface area contributed by atoms with Crippen LogP contribution in [0.25, 0.3) is 0 Å². The number of carbonyl (C=O) groups is 1. The highest BCUT2D eigenvalue weighted by molar-refractivity contribution is 9.10. The number of carbonyl (C=O) groups excluding carboxylic acids is 1. The fourth-order valence-electron chi connectivity index (χ4n) is 1.65. The number of hydrogen-bond acceptors (Lipinski definition) is 4. The number of nitrogens with zero attached hydrogens (tertiary/aromatic N) is 2. The van der Waals surface area contributed by atoms with Gasteiger partial charge in [0.2, 0.25) is 5.91 Å². The van der Waals surface area contributed by atoms with E-state index in [2.05, 4.69) is 31.7 Å². The Kier molecular flexibility index (Phi) is 6.87. The molecule has 7 heteroatoms. The first-order valence-electron chi connectivity index (χ1n) is 7.10. The topological polar surface area (TPSA) is 76.0 Å². The Bertz CT molecular complexity index is 540. The lowest BCUT2D eigenvalue weighted by Gasteiger charge is -2.12. The second kappa shape index (κ2) is 8.17. The molecule has 0 aromatic carbocycles. The van der Waals surface area contributed by atoms with Crippen molar-refractivity contribution in [3.05, 3.63) is 21.0 Å². The van der Waals surface area contributed by atoms with Crippen LogP contribution in [0.2, 0.25) is 0 Å². The van der Waals surface area contributed by atoms with Crippen LogP contribution in [0.4, 0.5) is 5.69 Å². The summed E-state index contributed by atoms with van der Waals surface area (Å²) in [4.78, 5) is 23.6. The number of aromatic nitrogens is 2. The minimum absolute atomic E-state index is 0.00389. The van der Waals surface area contributed by atoms with E-state index >= 15 is 0 Å². The molecule has 0 spiro atoms. The van der Waals surface area contributed by atoms with Gasteiger partial charge in [0.1, 0.15) is 4.47 Å². The molecule has 21 heavy (non-hydrogen) atoms. The predicted molar refractivity (Wildman–Crippen MR) is 87.5 cm³/mol. The number of hydrogen-bond donors (Lipinski definition) is 2. The summed E-state index contributed by atoms with van der Waals surface area (Å²) in [6, 6.07) is 0.00432. The van der Waals surface area contributed by atoms with E-state index in [1.54, 1.807) is 6.20 Å². The zero-order valence-electron chi connectivity index (χ0n) is 12.9. The molecule has 0 bridgehead atoms. The first-order valence-corrected chi connectivity index (χ1v) is 7.90. The summed E-state index contributed by atoms with van der Waals surface area (Å²) in [7, 11) is 0. The predicted octanol–water partition coefficient (Wildman–Crippen LogP) is 2.16. The number of anilines is 1. The van der Waals surface area contributed by atoms with Gasteiger partial charge in [-0.1, -0.05) is 13.8 Å². The summed E-state index contributed by atoms with van der Waals surface area (Å²) in [5.74, 6) is 0.430. The molecule has 6 nitrogen and oxygen atoms in total. The highest BCUT2D eigenvalue weighted by atomic mass is 79.9. The van der Waals surface area contributed by atoms with Crippen molar-refractivity contribution < 1.29 is 4.79 Å². The third kappa shape index (κ3) is 5.49. The fourth-order valence-corrected chi connectivity index (χ4v) is 2.08. The van der Waals surface area contributed by atoms with Crippen LogP contribution >= 0.6 is 15.9 Å². The van der Waals surface area contributed by atoms with E-state index < -0.39 is 0 Å². The number of nitrogens with one attached hydrogen (secondary N) is 2. The Morgan fingerprint density at radius 2 is 2.05 bits per heavy atom. The van der Waals surface area contributed by atoms with Gasteiger partial charge in [-0.25, -0.2) is 4.68 Å². The maximum Gasteiger partial charge on any atom is 0.283 e. The Hall–Kier alpha value is -1.37. The van der Waals surface area contributed by atoms with Gasteiger partial charge in [0.15, 0.2) is 0 Å². The third-order valence-electron chi connectivity index (χ3n) is 2.81. The van der Waals surface area contributed by atoms with Gasteiger partial charge in [-0.2, -0.15) is 5.10 Å². The lowest BCUT2D eigenvalue weighted by Crippen LogP contribution is -2.29. The van der Waals surface area contributed by atoms with Crippen LogP contribution in [0.15, 0.2) is 15.5 Å². The number of rotatable bonds is 7. The summed E-state index contributed by atoms with van der Waals surface area (Å²) in [6.07, 6.45) is 1.95. The van der Waals surface area contributed by atoms with Crippen molar-refractivity contribution in [2.75, 3.05) is 18.4 Å². The molecule has 2 N–H and O–H groups in total. The lowest BCUT2D eigenvalue weighted by atomic mass is 10.2. The van der Waals surface area contributed by atoms with E-state index in [0.717, 1.165) is 0 Å². The summed E-state index contributed by atoms with van der Waals surface area (Å²) < 4.78 is 1.85. The van der Waals surface area contributed by atoms with Crippen LogP contribution in [0.1, 0.15) is 40.2 Å². The van der Waals surface area contributed by atoms with Gasteiger partial charge in [0, 0.05) is 19.5 Å². The molecule has 0 saturated heterocycles. The molecule has 1 rings (SSSR count). The van der Waals surface area contributed by atoms with Crippen molar-refractivity contribution in [1.29, 1.82) is 0 Å². The average Bonchev–Trinajstić information content (AvgIpc) is 2.41. The lowest BCUT2D eigenvalue weighted by molar-refractivity contribution is -0.120. The van der Waals surface area contributed by atoms with Crippen molar-refractivity contribution in [1.82, 2.24) is 15.1 Å². The standard InChI is InChI=1S/C14H23BrN4O2/c1-9(2)7-17-12(20)5-6-16-11-8-18-19(10(3)4)14(21)13(11)15/h8-10,16H,5-7H2,1-4H3,(H,17,20). The molecule has 0 saturated carbocycles. The molecule has 0 atom stereocenters. The highest BCUT2D eigenvalue weighted by Gasteiger charge is 2.11. The molecule has 0 fully saturated rings. The highest BCUT2D eigenvalue weighted by Crippen LogP contribution is 2.16. The van der Waals surface area contributed by atoms with Crippen LogP contribution in [0.5, 0.6) is 0 Å². The third-order valence-corrected chi connectivity index (χ3v) is 3.57. The molecule has 118 valence electrons. The van der Waals surface area contributed by atoms with Crippen LogP contribution in [0.3, 0.4) is 0 Å². The summed E-state index contributed by atoms with van der Waals surface area (Å²) in [5.41, 5.74) is 0.424. The second-order valence-corrected chi connectivity index (χ2v) is 6.38. The number of halogens is 1. The van der Waals surface area contributed by atoms with Crippen LogP contribution in [0, 0.1) is 5.92 Å². The van der Waals surface area contributed by atoms with E-state index in [9.17, 15) is 9.59 Å². The van der Waals surface area contributed by atoms with E-state index in [-0.39, 0.29) is 17.5 Å². The van der Waals surface area contributed by atoms with Gasteiger partial charge in [0.05, 0.1) is 17.9 Å². The van der Waals surface area contributed by atoms with Gasteiger partial charge in [0.25, 0.3) is 5.56 Å². The zero-order chi connectivity index (χ0) is 16.0. The summed E-state index contributed by atoms with van der Waals surface area (Å²) in [6.45, 7) is 9.01. The SMILES string of the molecule is CC(C)CNC(=O)CCNc1cnn(C(C)C)c(=O)c1Br. The molecule has 0 radical (unpaired) electrons. The van der Waals surface area contributed by atoms with E-state index in [1.165, 1.54) is 4.68 Å². The molecule has 1 aromatic rings. The molecule has 1 amide bonds. The summed E-state index contributed by atoms with van der Waals surface area (Å²) >= 11 is 3.28. The van der Waals surface area contributed by atoms with Crippen LogP contribution in [-0.2, 0) is 4.79 Å². The minimum Gasteiger partial charge on any atom is -0.382 e. The molecule has 0 unspecified atom stereocenters. The van der Waals surface area contributed by atoms with Crippen molar-refractivity contribution in [3.63, 3.8) is 0 Å². The Labute approximate surface area is 133 Å². The van der Waals surface area contributed by atoms with Gasteiger partial charge in [-0.15, -0.1) is 0 Å². The monoisotopic (exact) mass is 358 g/mol. The first kappa shape index (κ1) is 17.7. The normalized spacial score (nSPS) is 11.0. The first-order chi connectivity index (χ1) is 9.82. The van der Waals surface area contributed by atoms with Gasteiger partial charge < -0.3 is 10.6 Å². The average molecular weight is 359 g/mol. The zero-order valence-corrected chi connectivity index (χ0v) is 14.5. The van der Waals surface area contributed by atoms with E-state index in [4.69, 9.17) is 0 Å². The van der Waals surface area contributed by atoms with Gasteiger partial charge in [-0.05, 0) is 35.7 Å². The molecule has 1 aromatic heterocycles. The Morgan fingerprint density at radius 1 is 1.38 bits per heavy atom. The van der Waals surface area contributed by atoms with Gasteiger partial charge >= 0.3 is 0 Å². The van der Waals surface area contributed by atoms with E-state index in [1.807, 2.05) is 27.7 Å². The maximum absolute atomic E-state index is 12.0. The molecule has 0 aliphatic rings. The second-order valence-electron chi connectivity index (χ2n) is 5.59. The van der Waals surface area contributed by atoms with Crippen molar-refractivity contribution in [2.45, 2.75) is 40.2 Å². The van der Waals surface area contributed by atoms with E-state index in [0.29, 0.717) is 35.6 Å². The molecular formula is C14H23BrN4O2. The largest absolute Gasteiger partial charge is 0.382 e. The van der Waals surface area contributed by atoms with Crippen LogP contribution < -0.4 is 16.2 Å². The fraction of sp³-hybridized carbons (Fsp3) is 0.643. The minimum atomic E-state index is -0.181. The maximum atomic E-state index is 12.0. The van der Waals surface area contributed by atoms with Crippen molar-refractivity contribution in [2.24, 2.45) is 5.92 Å². The summed E-state index contributed by atoms with van der Waals surface area (Å²) in [5, 5.41) is 10.0. The molecule has 0 aliphatic carbocycles. The molecular weight excluding hydrogens is 336 g/mol. The number of amides is 1. The Balaban J connectivity index is 2.55. The van der Waals surface area contributed by atoms with Crippen molar-refractivity contribution in [3.8, 4) is 0 Å². The van der Waals surface area contributed by atoms with Gasteiger partial charge in [-0.3, -0.25) is 9.59 Å². The quantitative estimate of drug-likeness (QED) is 0.782. The van der Waals surface area contributed by atoms with Crippen molar-refractivity contribution >= 4 is 27.5 Å². The molecule has 1 heterocycles. The molecule has 0 aliphatic heterocycles. The smallest absolute Gasteiger partial charge is 0.283 e. The van der Waals surface area contributed by atoms with Crippen LogP contribution in [-0.4, -0.2) is 28.8 Å². The Morgan fingerprint density at radius 3 is 2.62 bits per heavy atom.